The Morgan fingerprint density at radius 1 is 1.44 bits per heavy atom. The maximum Gasteiger partial charge on any atom is 0.177 e. The van der Waals surface area contributed by atoms with Gasteiger partial charge in [0.15, 0.2) is 4.77 Å². The molecule has 1 aromatic carbocycles. The summed E-state index contributed by atoms with van der Waals surface area (Å²) in [4.78, 5) is 3.02. The van der Waals surface area contributed by atoms with Gasteiger partial charge >= 0.3 is 0 Å². The van der Waals surface area contributed by atoms with Crippen LogP contribution in [0.1, 0.15) is 23.6 Å². The topological polar surface area (TPSA) is 41.0 Å². The van der Waals surface area contributed by atoms with Crippen LogP contribution in [0, 0.1) is 4.77 Å². The molecule has 0 bridgehead atoms. The first kappa shape index (κ1) is 9.66. The summed E-state index contributed by atoms with van der Waals surface area (Å²) in [6.45, 7) is 0. The zero-order valence-corrected chi connectivity index (χ0v) is 9.50. The Hall–Kier alpha value is -1.55. The van der Waals surface area contributed by atoms with Crippen LogP contribution in [0.25, 0.3) is 0 Å². The number of aromatic amines is 1. The summed E-state index contributed by atoms with van der Waals surface area (Å²) in [7, 11) is 0. The van der Waals surface area contributed by atoms with Crippen molar-refractivity contribution in [1.29, 1.82) is 0 Å². The standard InChI is InChI=1S/C12H12N2OS/c15-9-2-3-10-8(7-9)1-4-11(10)14-6-5-13-12(14)16/h2-3,5-7,11,15H,1,4H2,(H,13,16). The first-order valence-corrected chi connectivity index (χ1v) is 5.74. The minimum Gasteiger partial charge on any atom is -0.508 e. The molecule has 2 aromatic rings. The fraction of sp³-hybridized carbons (Fsp3) is 0.250. The van der Waals surface area contributed by atoms with Gasteiger partial charge in [0, 0.05) is 12.4 Å². The summed E-state index contributed by atoms with van der Waals surface area (Å²) in [5.41, 5.74) is 2.50. The molecule has 0 amide bonds. The molecule has 0 aliphatic heterocycles. The number of H-pyrrole nitrogens is 1. The predicted octanol–water partition coefficient (Wildman–Crippen LogP) is 2.79. The van der Waals surface area contributed by atoms with Crippen LogP contribution in [-0.2, 0) is 6.42 Å². The Labute approximate surface area is 98.4 Å². The average molecular weight is 232 g/mol. The van der Waals surface area contributed by atoms with E-state index in [1.54, 1.807) is 6.07 Å². The van der Waals surface area contributed by atoms with Gasteiger partial charge in [0.2, 0.25) is 0 Å². The minimum atomic E-state index is 0.314. The Morgan fingerprint density at radius 3 is 3.06 bits per heavy atom. The number of aryl methyl sites for hydroxylation is 1. The zero-order valence-electron chi connectivity index (χ0n) is 8.68. The van der Waals surface area contributed by atoms with E-state index in [0.29, 0.717) is 11.8 Å². The third-order valence-electron chi connectivity index (χ3n) is 3.18. The molecular weight excluding hydrogens is 220 g/mol. The maximum atomic E-state index is 9.43. The van der Waals surface area contributed by atoms with Crippen LogP contribution in [0.4, 0.5) is 0 Å². The molecule has 0 saturated heterocycles. The number of aromatic nitrogens is 2. The number of benzene rings is 1. The lowest BCUT2D eigenvalue weighted by Gasteiger charge is -2.13. The number of hydrogen-bond donors (Lipinski definition) is 2. The van der Waals surface area contributed by atoms with E-state index in [9.17, 15) is 5.11 Å². The number of imidazole rings is 1. The van der Waals surface area contributed by atoms with Gasteiger partial charge in [-0.3, -0.25) is 0 Å². The van der Waals surface area contributed by atoms with Gasteiger partial charge in [0.25, 0.3) is 0 Å². The number of rotatable bonds is 1. The van der Waals surface area contributed by atoms with Gasteiger partial charge in [-0.2, -0.15) is 0 Å². The summed E-state index contributed by atoms with van der Waals surface area (Å²) >= 11 is 5.23. The van der Waals surface area contributed by atoms with Crippen molar-refractivity contribution >= 4 is 12.2 Å². The predicted molar refractivity (Wildman–Crippen MR) is 64.2 cm³/mol. The number of fused-ring (bicyclic) bond motifs is 1. The number of phenols is 1. The van der Waals surface area contributed by atoms with Crippen molar-refractivity contribution in [2.24, 2.45) is 0 Å². The quantitative estimate of drug-likeness (QED) is 0.742. The molecule has 16 heavy (non-hydrogen) atoms. The smallest absolute Gasteiger partial charge is 0.177 e. The van der Waals surface area contributed by atoms with Crippen molar-refractivity contribution in [3.8, 4) is 5.75 Å². The Bertz CT molecular complexity index is 585. The Morgan fingerprint density at radius 2 is 2.31 bits per heavy atom. The number of hydrogen-bond acceptors (Lipinski definition) is 2. The molecule has 3 rings (SSSR count). The molecule has 1 aliphatic carbocycles. The molecular formula is C12H12N2OS. The lowest BCUT2D eigenvalue weighted by molar-refractivity contribution is 0.474. The molecule has 1 unspecified atom stereocenters. The Balaban J connectivity index is 2.10. The molecule has 1 heterocycles. The summed E-state index contributed by atoms with van der Waals surface area (Å²) in [6.07, 6.45) is 5.89. The average Bonchev–Trinajstić information content (AvgIpc) is 2.83. The van der Waals surface area contributed by atoms with E-state index in [1.807, 2.05) is 24.5 Å². The van der Waals surface area contributed by atoms with Gasteiger partial charge in [0.05, 0.1) is 6.04 Å². The minimum absolute atomic E-state index is 0.314. The molecule has 4 heteroatoms. The monoisotopic (exact) mass is 232 g/mol. The highest BCUT2D eigenvalue weighted by Crippen LogP contribution is 2.35. The summed E-state index contributed by atoms with van der Waals surface area (Å²) in [6, 6.07) is 5.91. The molecule has 2 N–H and O–H groups in total. The molecule has 3 nitrogen and oxygen atoms in total. The second kappa shape index (κ2) is 3.49. The van der Waals surface area contributed by atoms with Crippen LogP contribution in [0.3, 0.4) is 0 Å². The molecule has 1 aromatic heterocycles. The number of aromatic hydroxyl groups is 1. The lowest BCUT2D eigenvalue weighted by atomic mass is 10.1. The van der Waals surface area contributed by atoms with Crippen molar-refractivity contribution in [1.82, 2.24) is 9.55 Å². The van der Waals surface area contributed by atoms with E-state index >= 15 is 0 Å². The fourth-order valence-corrected chi connectivity index (χ4v) is 2.70. The number of phenolic OH excluding ortho intramolecular Hbond substituents is 1. The highest BCUT2D eigenvalue weighted by atomic mass is 32.1. The van der Waals surface area contributed by atoms with Gasteiger partial charge in [-0.1, -0.05) is 6.07 Å². The fourth-order valence-electron chi connectivity index (χ4n) is 2.45. The summed E-state index contributed by atoms with van der Waals surface area (Å²) < 4.78 is 2.84. The van der Waals surface area contributed by atoms with E-state index in [-0.39, 0.29) is 0 Å². The van der Waals surface area contributed by atoms with Gasteiger partial charge in [-0.15, -0.1) is 0 Å². The van der Waals surface area contributed by atoms with Crippen LogP contribution in [0.15, 0.2) is 30.6 Å². The highest BCUT2D eigenvalue weighted by molar-refractivity contribution is 7.71. The van der Waals surface area contributed by atoms with Crippen molar-refractivity contribution in [2.75, 3.05) is 0 Å². The third kappa shape index (κ3) is 1.38. The summed E-state index contributed by atoms with van der Waals surface area (Å²) in [5.74, 6) is 0.345. The molecule has 1 aliphatic rings. The second-order valence-electron chi connectivity index (χ2n) is 4.11. The largest absolute Gasteiger partial charge is 0.508 e. The molecule has 1 atom stereocenters. The van der Waals surface area contributed by atoms with Gasteiger partial charge in [-0.05, 0) is 48.3 Å². The van der Waals surface area contributed by atoms with E-state index in [4.69, 9.17) is 12.2 Å². The molecule has 0 saturated carbocycles. The van der Waals surface area contributed by atoms with Gasteiger partial charge < -0.3 is 14.7 Å². The van der Waals surface area contributed by atoms with Crippen molar-refractivity contribution < 1.29 is 5.11 Å². The zero-order chi connectivity index (χ0) is 11.1. The van der Waals surface area contributed by atoms with Crippen molar-refractivity contribution in [3.05, 3.63) is 46.5 Å². The lowest BCUT2D eigenvalue weighted by Crippen LogP contribution is -2.05. The van der Waals surface area contributed by atoms with Crippen LogP contribution < -0.4 is 0 Å². The van der Waals surface area contributed by atoms with Crippen LogP contribution >= 0.6 is 12.2 Å². The van der Waals surface area contributed by atoms with Crippen LogP contribution in [0.5, 0.6) is 5.75 Å². The van der Waals surface area contributed by atoms with E-state index < -0.39 is 0 Å². The van der Waals surface area contributed by atoms with E-state index in [0.717, 1.165) is 17.6 Å². The number of nitrogens with one attached hydrogen (secondary N) is 1. The molecule has 0 fully saturated rings. The normalized spacial score (nSPS) is 18.6. The first-order chi connectivity index (χ1) is 7.75. The molecule has 82 valence electrons. The van der Waals surface area contributed by atoms with Crippen molar-refractivity contribution in [2.45, 2.75) is 18.9 Å². The van der Waals surface area contributed by atoms with Crippen LogP contribution in [0.2, 0.25) is 0 Å². The molecule has 0 radical (unpaired) electrons. The third-order valence-corrected chi connectivity index (χ3v) is 3.51. The van der Waals surface area contributed by atoms with E-state index in [1.165, 1.54) is 11.1 Å². The maximum absolute atomic E-state index is 9.43. The van der Waals surface area contributed by atoms with Gasteiger partial charge in [0.1, 0.15) is 5.75 Å². The van der Waals surface area contributed by atoms with Gasteiger partial charge in [-0.25, -0.2) is 0 Å². The highest BCUT2D eigenvalue weighted by Gasteiger charge is 2.24. The van der Waals surface area contributed by atoms with Crippen LogP contribution in [-0.4, -0.2) is 14.7 Å². The second-order valence-corrected chi connectivity index (χ2v) is 4.50. The van der Waals surface area contributed by atoms with Crippen molar-refractivity contribution in [3.63, 3.8) is 0 Å². The molecule has 0 spiro atoms. The van der Waals surface area contributed by atoms with E-state index in [2.05, 4.69) is 9.55 Å². The Kier molecular flexibility index (Phi) is 2.11. The first-order valence-electron chi connectivity index (χ1n) is 5.33. The SMILES string of the molecule is Oc1ccc2c(c1)CCC2n1cc[nH]c1=S. The summed E-state index contributed by atoms with van der Waals surface area (Å²) in [5, 5.41) is 9.43. The number of nitrogens with zero attached hydrogens (tertiary/aromatic N) is 1.